The second kappa shape index (κ2) is 2.73. The lowest BCUT2D eigenvalue weighted by Gasteiger charge is -2.07. The molecular formula is C9H12N4O. The lowest BCUT2D eigenvalue weighted by Crippen LogP contribution is -2.04. The van der Waals surface area contributed by atoms with E-state index in [-0.39, 0.29) is 0 Å². The first-order valence-corrected chi connectivity index (χ1v) is 4.80. The summed E-state index contributed by atoms with van der Waals surface area (Å²) in [4.78, 5) is 13.1. The Kier molecular flexibility index (Phi) is 1.53. The van der Waals surface area contributed by atoms with E-state index in [2.05, 4.69) is 19.8 Å². The van der Waals surface area contributed by atoms with Crippen molar-refractivity contribution in [3.63, 3.8) is 0 Å². The molecule has 74 valence electrons. The Hall–Kier alpha value is -1.52. The van der Waals surface area contributed by atoms with E-state index in [9.17, 15) is 0 Å². The van der Waals surface area contributed by atoms with Crippen LogP contribution in [-0.2, 0) is 0 Å². The number of rotatable bonds is 3. The van der Waals surface area contributed by atoms with Crippen LogP contribution in [0.4, 0.5) is 11.8 Å². The molecule has 2 aliphatic heterocycles. The molecule has 0 amide bonds. The van der Waals surface area contributed by atoms with Crippen molar-refractivity contribution in [2.24, 2.45) is 0 Å². The smallest absolute Gasteiger partial charge is 0.230 e. The Labute approximate surface area is 82.3 Å². The second-order valence-corrected chi connectivity index (χ2v) is 3.54. The fourth-order valence-corrected chi connectivity index (χ4v) is 1.34. The van der Waals surface area contributed by atoms with Gasteiger partial charge in [0.1, 0.15) is 5.82 Å². The molecule has 0 saturated carbocycles. The Morgan fingerprint density at radius 1 is 1.14 bits per heavy atom. The number of hydrogen-bond acceptors (Lipinski definition) is 5. The summed E-state index contributed by atoms with van der Waals surface area (Å²) in [5, 5.41) is 0. The Morgan fingerprint density at radius 3 is 2.43 bits per heavy atom. The van der Waals surface area contributed by atoms with Crippen molar-refractivity contribution in [2.75, 3.05) is 43.1 Å². The van der Waals surface area contributed by atoms with Gasteiger partial charge in [0, 0.05) is 32.2 Å². The van der Waals surface area contributed by atoms with E-state index in [1.165, 1.54) is 0 Å². The summed E-state index contributed by atoms with van der Waals surface area (Å²) < 4.78 is 5.15. The highest BCUT2D eigenvalue weighted by atomic mass is 16.5. The van der Waals surface area contributed by atoms with Crippen LogP contribution in [0.25, 0.3) is 0 Å². The van der Waals surface area contributed by atoms with Crippen LogP contribution in [0.15, 0.2) is 6.07 Å². The predicted octanol–water partition coefficient (Wildman–Crippen LogP) is 0.125. The van der Waals surface area contributed by atoms with E-state index in [0.717, 1.165) is 37.9 Å². The molecule has 0 atom stereocenters. The molecule has 14 heavy (non-hydrogen) atoms. The molecule has 0 bridgehead atoms. The molecule has 0 spiro atoms. The molecule has 1 aromatic rings. The molecule has 0 aliphatic carbocycles. The standard InChI is InChI=1S/C9H12N4O/c1-14-8-6-7(12-2-3-12)10-9(11-8)13-4-5-13/h6H,2-5H2,1H3. The quantitative estimate of drug-likeness (QED) is 0.636. The van der Waals surface area contributed by atoms with Crippen LogP contribution < -0.4 is 14.5 Å². The summed E-state index contributed by atoms with van der Waals surface area (Å²) in [7, 11) is 1.64. The van der Waals surface area contributed by atoms with Gasteiger partial charge in [-0.2, -0.15) is 9.97 Å². The minimum absolute atomic E-state index is 0.656. The van der Waals surface area contributed by atoms with Crippen LogP contribution >= 0.6 is 0 Å². The maximum absolute atomic E-state index is 5.15. The molecule has 2 fully saturated rings. The summed E-state index contributed by atoms with van der Waals surface area (Å²) in [6, 6.07) is 1.89. The molecule has 3 heterocycles. The van der Waals surface area contributed by atoms with Gasteiger partial charge in [0.25, 0.3) is 0 Å². The van der Waals surface area contributed by atoms with Gasteiger partial charge in [-0.15, -0.1) is 0 Å². The third-order valence-electron chi connectivity index (χ3n) is 2.39. The summed E-state index contributed by atoms with van der Waals surface area (Å²) >= 11 is 0. The number of aromatic nitrogens is 2. The minimum Gasteiger partial charge on any atom is -0.481 e. The van der Waals surface area contributed by atoms with Crippen molar-refractivity contribution >= 4 is 11.8 Å². The van der Waals surface area contributed by atoms with E-state index in [1.807, 2.05) is 6.07 Å². The lowest BCUT2D eigenvalue weighted by molar-refractivity contribution is 0.397. The Balaban J connectivity index is 1.97. The average Bonchev–Trinajstić information content (AvgIpc) is 3.07. The molecule has 2 saturated heterocycles. The van der Waals surface area contributed by atoms with E-state index in [1.54, 1.807) is 7.11 Å². The van der Waals surface area contributed by atoms with Crippen LogP contribution in [0, 0.1) is 0 Å². The SMILES string of the molecule is COc1cc(N2CC2)nc(N2CC2)n1. The van der Waals surface area contributed by atoms with Crippen molar-refractivity contribution in [3.8, 4) is 5.88 Å². The normalized spacial score (nSPS) is 18.4. The number of hydrogen-bond donors (Lipinski definition) is 0. The maximum atomic E-state index is 5.15. The molecular weight excluding hydrogens is 180 g/mol. The minimum atomic E-state index is 0.656. The third kappa shape index (κ3) is 1.34. The lowest BCUT2D eigenvalue weighted by atomic mass is 10.5. The zero-order chi connectivity index (χ0) is 9.54. The summed E-state index contributed by atoms with van der Waals surface area (Å²) in [6.45, 7) is 4.32. The third-order valence-corrected chi connectivity index (χ3v) is 2.39. The van der Waals surface area contributed by atoms with E-state index in [4.69, 9.17) is 4.74 Å². The Bertz CT molecular complexity index is 330. The number of nitrogens with zero attached hydrogens (tertiary/aromatic N) is 4. The van der Waals surface area contributed by atoms with Crippen LogP contribution in [-0.4, -0.2) is 43.3 Å². The van der Waals surface area contributed by atoms with Gasteiger partial charge in [-0.25, -0.2) is 0 Å². The molecule has 1 aromatic heterocycles. The molecule has 2 aliphatic rings. The van der Waals surface area contributed by atoms with Gasteiger partial charge in [-0.3, -0.25) is 0 Å². The van der Waals surface area contributed by atoms with Gasteiger partial charge in [-0.1, -0.05) is 0 Å². The van der Waals surface area contributed by atoms with E-state index >= 15 is 0 Å². The fraction of sp³-hybridized carbons (Fsp3) is 0.556. The summed E-state index contributed by atoms with van der Waals surface area (Å²) in [6.07, 6.45) is 0. The molecule has 0 aromatic carbocycles. The van der Waals surface area contributed by atoms with Gasteiger partial charge in [0.05, 0.1) is 7.11 Å². The zero-order valence-corrected chi connectivity index (χ0v) is 8.10. The highest BCUT2D eigenvalue weighted by molar-refractivity contribution is 5.53. The second-order valence-electron chi connectivity index (χ2n) is 3.54. The first-order valence-electron chi connectivity index (χ1n) is 4.80. The summed E-state index contributed by atoms with van der Waals surface area (Å²) in [5.74, 6) is 2.44. The number of ether oxygens (including phenoxy) is 1. The van der Waals surface area contributed by atoms with E-state index < -0.39 is 0 Å². The molecule has 5 nitrogen and oxygen atoms in total. The highest BCUT2D eigenvalue weighted by Gasteiger charge is 2.26. The Morgan fingerprint density at radius 2 is 1.86 bits per heavy atom. The van der Waals surface area contributed by atoms with Crippen LogP contribution in [0.2, 0.25) is 0 Å². The van der Waals surface area contributed by atoms with Gasteiger partial charge in [0.15, 0.2) is 0 Å². The monoisotopic (exact) mass is 192 g/mol. The zero-order valence-electron chi connectivity index (χ0n) is 8.10. The molecule has 3 rings (SSSR count). The molecule has 0 unspecified atom stereocenters. The molecule has 0 radical (unpaired) electrons. The topological polar surface area (TPSA) is 41.0 Å². The summed E-state index contributed by atoms with van der Waals surface area (Å²) in [5.41, 5.74) is 0. The van der Waals surface area contributed by atoms with Crippen molar-refractivity contribution < 1.29 is 4.74 Å². The molecule has 0 N–H and O–H groups in total. The van der Waals surface area contributed by atoms with Gasteiger partial charge in [0.2, 0.25) is 11.8 Å². The largest absolute Gasteiger partial charge is 0.481 e. The van der Waals surface area contributed by atoms with E-state index in [0.29, 0.717) is 5.88 Å². The van der Waals surface area contributed by atoms with Crippen molar-refractivity contribution in [2.45, 2.75) is 0 Å². The van der Waals surface area contributed by atoms with Crippen LogP contribution in [0.1, 0.15) is 0 Å². The van der Waals surface area contributed by atoms with Gasteiger partial charge in [-0.05, 0) is 0 Å². The number of anilines is 2. The highest BCUT2D eigenvalue weighted by Crippen LogP contribution is 2.27. The van der Waals surface area contributed by atoms with Crippen molar-refractivity contribution in [1.82, 2.24) is 9.97 Å². The fourth-order valence-electron chi connectivity index (χ4n) is 1.34. The first-order chi connectivity index (χ1) is 6.86. The maximum Gasteiger partial charge on any atom is 0.230 e. The number of methoxy groups -OCH3 is 1. The van der Waals surface area contributed by atoms with Crippen LogP contribution in [0.3, 0.4) is 0 Å². The van der Waals surface area contributed by atoms with Crippen LogP contribution in [0.5, 0.6) is 5.88 Å². The van der Waals surface area contributed by atoms with Gasteiger partial charge >= 0.3 is 0 Å². The first kappa shape index (κ1) is 7.84. The molecule has 5 heteroatoms. The average molecular weight is 192 g/mol. The predicted molar refractivity (Wildman–Crippen MR) is 53.0 cm³/mol. The van der Waals surface area contributed by atoms with Gasteiger partial charge < -0.3 is 14.5 Å². The van der Waals surface area contributed by atoms with Crippen molar-refractivity contribution in [1.29, 1.82) is 0 Å². The van der Waals surface area contributed by atoms with Crippen molar-refractivity contribution in [3.05, 3.63) is 6.07 Å².